The van der Waals surface area contributed by atoms with E-state index in [0.717, 1.165) is 38.5 Å². The van der Waals surface area contributed by atoms with Crippen LogP contribution >= 0.6 is 0 Å². The molecular formula is C36H65N3O9. The van der Waals surface area contributed by atoms with Gasteiger partial charge in [0.25, 0.3) is 0 Å². The molecule has 0 saturated carbocycles. The van der Waals surface area contributed by atoms with Crippen LogP contribution in [0.1, 0.15) is 174 Å². The van der Waals surface area contributed by atoms with Crippen LogP contribution in [0.15, 0.2) is 0 Å². The van der Waals surface area contributed by atoms with Gasteiger partial charge in [-0.15, -0.1) is 0 Å². The first kappa shape index (κ1) is 44.8. The number of unbranched alkanes of at least 4 members (excludes halogenated alkanes) is 16. The Morgan fingerprint density at radius 2 is 0.646 bits per heavy atom. The molecule has 0 aromatic carbocycles. The van der Waals surface area contributed by atoms with Gasteiger partial charge in [0.2, 0.25) is 17.7 Å². The molecule has 0 radical (unpaired) electrons. The molecular weight excluding hydrogens is 618 g/mol. The van der Waals surface area contributed by atoms with E-state index in [-0.39, 0.29) is 50.9 Å². The predicted octanol–water partition coefficient (Wildman–Crippen LogP) is 6.49. The third kappa shape index (κ3) is 25.9. The number of hydrogen-bond donors (Lipinski definition) is 6. The Kier molecular flexibility index (Phi) is 27.9. The zero-order chi connectivity index (χ0) is 36.0. The second-order valence-electron chi connectivity index (χ2n) is 13.0. The van der Waals surface area contributed by atoms with Gasteiger partial charge < -0.3 is 31.3 Å². The summed E-state index contributed by atoms with van der Waals surface area (Å²) in [5.74, 6) is -5.26. The molecule has 0 aliphatic rings. The molecule has 12 heteroatoms. The van der Waals surface area contributed by atoms with Gasteiger partial charge in [-0.25, -0.2) is 14.4 Å². The number of nitrogens with one attached hydrogen (secondary N) is 3. The van der Waals surface area contributed by atoms with Crippen LogP contribution < -0.4 is 16.0 Å². The Hall–Kier alpha value is -3.18. The molecule has 0 fully saturated rings. The Morgan fingerprint density at radius 3 is 0.958 bits per heavy atom. The molecule has 6 N–H and O–H groups in total. The fraction of sp³-hybridized carbons (Fsp3) is 0.833. The highest BCUT2D eigenvalue weighted by Crippen LogP contribution is 2.13. The van der Waals surface area contributed by atoms with Gasteiger partial charge in [-0.3, -0.25) is 14.4 Å². The number of carboxylic acids is 3. The van der Waals surface area contributed by atoms with E-state index in [1.54, 1.807) is 0 Å². The van der Waals surface area contributed by atoms with E-state index in [1.165, 1.54) is 64.2 Å². The van der Waals surface area contributed by atoms with Gasteiger partial charge in [-0.05, 0) is 38.5 Å². The summed E-state index contributed by atoms with van der Waals surface area (Å²) >= 11 is 0. The van der Waals surface area contributed by atoms with Crippen LogP contribution in [0, 0.1) is 0 Å². The fourth-order valence-electron chi connectivity index (χ4n) is 5.57. The third-order valence-electron chi connectivity index (χ3n) is 8.56. The van der Waals surface area contributed by atoms with Crippen molar-refractivity contribution in [1.29, 1.82) is 0 Å². The van der Waals surface area contributed by atoms with Crippen LogP contribution in [0.4, 0.5) is 0 Å². The second-order valence-corrected chi connectivity index (χ2v) is 13.0. The average Bonchev–Trinajstić information content (AvgIpc) is 3.03. The zero-order valence-electron chi connectivity index (χ0n) is 29.7. The van der Waals surface area contributed by atoms with Crippen molar-refractivity contribution in [3.05, 3.63) is 0 Å². The van der Waals surface area contributed by atoms with Gasteiger partial charge in [0.05, 0.1) is 0 Å². The van der Waals surface area contributed by atoms with Crippen molar-refractivity contribution >= 4 is 35.6 Å². The average molecular weight is 684 g/mol. The van der Waals surface area contributed by atoms with Crippen LogP contribution in [-0.2, 0) is 28.8 Å². The second kappa shape index (κ2) is 29.9. The molecule has 12 nitrogen and oxygen atoms in total. The van der Waals surface area contributed by atoms with Gasteiger partial charge in [-0.2, -0.15) is 0 Å². The lowest BCUT2D eigenvalue weighted by Crippen LogP contribution is -2.44. The van der Waals surface area contributed by atoms with Gasteiger partial charge in [0.15, 0.2) is 0 Å². The minimum atomic E-state index is -1.31. The number of rotatable bonds is 33. The number of carbonyl (C=O) groups excluding carboxylic acids is 3. The fourth-order valence-corrected chi connectivity index (χ4v) is 5.57. The van der Waals surface area contributed by atoms with Gasteiger partial charge in [0.1, 0.15) is 18.1 Å². The summed E-state index contributed by atoms with van der Waals surface area (Å²) < 4.78 is 0. The van der Waals surface area contributed by atoms with Crippen molar-refractivity contribution in [1.82, 2.24) is 16.0 Å². The van der Waals surface area contributed by atoms with Gasteiger partial charge in [-0.1, -0.05) is 117 Å². The lowest BCUT2D eigenvalue weighted by molar-refractivity contribution is -0.143. The minimum absolute atomic E-state index is 0.00936. The molecule has 2 unspecified atom stereocenters. The summed E-state index contributed by atoms with van der Waals surface area (Å²) in [6, 6.07) is -3.76. The van der Waals surface area contributed by atoms with Crippen LogP contribution in [0.2, 0.25) is 0 Å². The monoisotopic (exact) mass is 683 g/mol. The SMILES string of the molecule is CCCCCCCCCCCC(=O)NC(CCCC(NC(=O)CC[C@@H](NC(=O)CCCCCCCCCCC)C(=O)O)C(=O)O)C(=O)O. The maximum absolute atomic E-state index is 12.5. The lowest BCUT2D eigenvalue weighted by Gasteiger charge is -2.18. The smallest absolute Gasteiger partial charge is 0.326 e. The van der Waals surface area contributed by atoms with E-state index in [0.29, 0.717) is 12.8 Å². The van der Waals surface area contributed by atoms with Crippen molar-refractivity contribution in [2.24, 2.45) is 0 Å². The summed E-state index contributed by atoms with van der Waals surface area (Å²) in [5.41, 5.74) is 0. The normalized spacial score (nSPS) is 12.9. The largest absolute Gasteiger partial charge is 0.480 e. The molecule has 0 spiro atoms. The molecule has 0 aromatic heterocycles. The summed E-state index contributed by atoms with van der Waals surface area (Å²) in [6.45, 7) is 4.36. The Balaban J connectivity index is 4.44. The van der Waals surface area contributed by atoms with Crippen molar-refractivity contribution < 1.29 is 44.1 Å². The van der Waals surface area contributed by atoms with Crippen LogP contribution in [-0.4, -0.2) is 69.1 Å². The van der Waals surface area contributed by atoms with E-state index in [1.807, 2.05) is 0 Å². The van der Waals surface area contributed by atoms with Crippen molar-refractivity contribution in [3.8, 4) is 0 Å². The Labute approximate surface area is 288 Å². The summed E-state index contributed by atoms with van der Waals surface area (Å²) in [5, 5.41) is 35.9. The highest BCUT2D eigenvalue weighted by atomic mass is 16.4. The molecule has 0 aliphatic heterocycles. The molecule has 0 saturated heterocycles. The highest BCUT2D eigenvalue weighted by molar-refractivity contribution is 5.86. The molecule has 3 amide bonds. The van der Waals surface area contributed by atoms with E-state index in [4.69, 9.17) is 0 Å². The summed E-state index contributed by atoms with van der Waals surface area (Å²) in [6.07, 6.45) is 19.6. The number of hydrogen-bond acceptors (Lipinski definition) is 6. The van der Waals surface area contributed by atoms with Crippen molar-refractivity contribution in [2.45, 2.75) is 192 Å². The van der Waals surface area contributed by atoms with E-state index in [9.17, 15) is 44.1 Å². The van der Waals surface area contributed by atoms with Crippen molar-refractivity contribution in [2.75, 3.05) is 0 Å². The third-order valence-corrected chi connectivity index (χ3v) is 8.56. The van der Waals surface area contributed by atoms with E-state index < -0.39 is 47.8 Å². The molecule has 0 aliphatic carbocycles. The predicted molar refractivity (Wildman–Crippen MR) is 185 cm³/mol. The van der Waals surface area contributed by atoms with Crippen LogP contribution in [0.25, 0.3) is 0 Å². The first-order valence-corrected chi connectivity index (χ1v) is 18.6. The Bertz CT molecular complexity index is 928. The first-order valence-electron chi connectivity index (χ1n) is 18.6. The quantitative estimate of drug-likeness (QED) is 0.0419. The van der Waals surface area contributed by atoms with E-state index >= 15 is 0 Å². The molecule has 0 bridgehead atoms. The molecule has 48 heavy (non-hydrogen) atoms. The summed E-state index contributed by atoms with van der Waals surface area (Å²) in [4.78, 5) is 72.1. The highest BCUT2D eigenvalue weighted by Gasteiger charge is 2.25. The number of amides is 3. The Morgan fingerprint density at radius 1 is 0.375 bits per heavy atom. The molecule has 0 rings (SSSR count). The standard InChI is InChI=1S/C36H65N3O9/c1-3-5-7-9-11-13-15-17-19-24-31(40)37-28(34(43)44)22-21-23-29(35(45)46)38-33(42)27-26-30(36(47)48)39-32(41)25-20-18-16-14-12-10-8-6-4-2/h28-30H,3-27H2,1-2H3,(H,37,40)(H,38,42)(H,39,41)(H,43,44)(H,45,46)(H,47,48)/t28?,29?,30-/m1/s1. The topological polar surface area (TPSA) is 199 Å². The van der Waals surface area contributed by atoms with Gasteiger partial charge in [0, 0.05) is 19.3 Å². The van der Waals surface area contributed by atoms with Crippen molar-refractivity contribution in [3.63, 3.8) is 0 Å². The maximum atomic E-state index is 12.5. The number of aliphatic carboxylic acids is 3. The number of carboxylic acid groups (broad SMARTS) is 3. The molecule has 278 valence electrons. The van der Waals surface area contributed by atoms with Gasteiger partial charge >= 0.3 is 17.9 Å². The van der Waals surface area contributed by atoms with Crippen LogP contribution in [0.3, 0.4) is 0 Å². The van der Waals surface area contributed by atoms with Crippen LogP contribution in [0.5, 0.6) is 0 Å². The molecule has 0 aromatic rings. The first-order chi connectivity index (χ1) is 23.0. The molecule has 3 atom stereocenters. The number of carbonyl (C=O) groups is 6. The molecule has 0 heterocycles. The maximum Gasteiger partial charge on any atom is 0.326 e. The van der Waals surface area contributed by atoms with E-state index in [2.05, 4.69) is 29.8 Å². The zero-order valence-corrected chi connectivity index (χ0v) is 29.7. The minimum Gasteiger partial charge on any atom is -0.480 e. The lowest BCUT2D eigenvalue weighted by atomic mass is 10.0. The summed E-state index contributed by atoms with van der Waals surface area (Å²) in [7, 11) is 0.